The van der Waals surface area contributed by atoms with Crippen LogP contribution in [-0.4, -0.2) is 65.3 Å². The van der Waals surface area contributed by atoms with E-state index >= 15 is 0 Å². The van der Waals surface area contributed by atoms with Gasteiger partial charge in [-0.3, -0.25) is 14.5 Å². The molecule has 3 aliphatic rings. The SMILES string of the molecule is Cc1ccc(CN2CCN(C(=O)C3CC(=O)N(C4CCCCC4)C3)CC2)cc1. The van der Waals surface area contributed by atoms with Gasteiger partial charge in [0.1, 0.15) is 0 Å². The van der Waals surface area contributed by atoms with Gasteiger partial charge in [-0.25, -0.2) is 0 Å². The minimum absolute atomic E-state index is 0.127. The van der Waals surface area contributed by atoms with Crippen molar-refractivity contribution in [1.29, 1.82) is 0 Å². The van der Waals surface area contributed by atoms with E-state index in [2.05, 4.69) is 36.1 Å². The molecule has 5 heteroatoms. The first-order valence-corrected chi connectivity index (χ1v) is 11.0. The van der Waals surface area contributed by atoms with Crippen molar-refractivity contribution in [1.82, 2.24) is 14.7 Å². The van der Waals surface area contributed by atoms with E-state index in [4.69, 9.17) is 0 Å². The predicted molar refractivity (Wildman–Crippen MR) is 110 cm³/mol. The van der Waals surface area contributed by atoms with E-state index in [-0.39, 0.29) is 17.7 Å². The molecule has 1 saturated carbocycles. The van der Waals surface area contributed by atoms with Crippen LogP contribution in [0.3, 0.4) is 0 Å². The van der Waals surface area contributed by atoms with Crippen LogP contribution in [0.2, 0.25) is 0 Å². The molecule has 1 aromatic carbocycles. The van der Waals surface area contributed by atoms with Crippen molar-refractivity contribution < 1.29 is 9.59 Å². The third-order valence-corrected chi connectivity index (χ3v) is 6.73. The number of hydrogen-bond acceptors (Lipinski definition) is 3. The number of rotatable bonds is 4. The van der Waals surface area contributed by atoms with Crippen LogP contribution < -0.4 is 0 Å². The molecule has 2 aliphatic heterocycles. The maximum absolute atomic E-state index is 13.0. The van der Waals surface area contributed by atoms with E-state index in [0.717, 1.165) is 45.6 Å². The quantitative estimate of drug-likeness (QED) is 0.803. The van der Waals surface area contributed by atoms with E-state index in [1.807, 2.05) is 9.80 Å². The number of hydrogen-bond donors (Lipinski definition) is 0. The Morgan fingerprint density at radius 3 is 2.36 bits per heavy atom. The molecule has 28 heavy (non-hydrogen) atoms. The van der Waals surface area contributed by atoms with Gasteiger partial charge in [0, 0.05) is 51.7 Å². The maximum Gasteiger partial charge on any atom is 0.228 e. The van der Waals surface area contributed by atoms with Crippen LogP contribution in [0, 0.1) is 12.8 Å². The molecule has 1 aliphatic carbocycles. The summed E-state index contributed by atoms with van der Waals surface area (Å²) in [6.07, 6.45) is 6.37. The van der Waals surface area contributed by atoms with Crippen molar-refractivity contribution >= 4 is 11.8 Å². The van der Waals surface area contributed by atoms with Gasteiger partial charge in [-0.05, 0) is 25.3 Å². The first kappa shape index (κ1) is 19.4. The van der Waals surface area contributed by atoms with Crippen molar-refractivity contribution in [3.8, 4) is 0 Å². The predicted octanol–water partition coefficient (Wildman–Crippen LogP) is 2.82. The summed E-state index contributed by atoms with van der Waals surface area (Å²) in [4.78, 5) is 31.9. The fraction of sp³-hybridized carbons (Fsp3) is 0.652. The van der Waals surface area contributed by atoms with Crippen molar-refractivity contribution in [3.63, 3.8) is 0 Å². The van der Waals surface area contributed by atoms with E-state index in [1.54, 1.807) is 0 Å². The van der Waals surface area contributed by atoms with Gasteiger partial charge in [-0.2, -0.15) is 0 Å². The second-order valence-corrected chi connectivity index (χ2v) is 8.83. The van der Waals surface area contributed by atoms with E-state index in [1.165, 1.54) is 30.4 Å². The first-order chi connectivity index (χ1) is 13.6. The Morgan fingerprint density at radius 1 is 1.00 bits per heavy atom. The second kappa shape index (κ2) is 8.64. The summed E-state index contributed by atoms with van der Waals surface area (Å²) in [5, 5.41) is 0. The number of nitrogens with zero attached hydrogens (tertiary/aromatic N) is 3. The number of carbonyl (C=O) groups excluding carboxylic acids is 2. The van der Waals surface area contributed by atoms with Crippen LogP contribution in [-0.2, 0) is 16.1 Å². The fourth-order valence-corrected chi connectivity index (χ4v) is 4.98. The number of piperazine rings is 1. The minimum Gasteiger partial charge on any atom is -0.340 e. The summed E-state index contributed by atoms with van der Waals surface area (Å²) >= 11 is 0. The number of carbonyl (C=O) groups is 2. The van der Waals surface area contributed by atoms with Crippen molar-refractivity contribution in [2.24, 2.45) is 5.92 Å². The zero-order valence-corrected chi connectivity index (χ0v) is 17.1. The lowest BCUT2D eigenvalue weighted by Crippen LogP contribution is -2.50. The van der Waals surface area contributed by atoms with Gasteiger partial charge in [0.05, 0.1) is 5.92 Å². The highest BCUT2D eigenvalue weighted by molar-refractivity contribution is 5.89. The molecule has 0 radical (unpaired) electrons. The number of amides is 2. The lowest BCUT2D eigenvalue weighted by Gasteiger charge is -2.36. The Morgan fingerprint density at radius 2 is 1.68 bits per heavy atom. The Bertz CT molecular complexity index is 688. The maximum atomic E-state index is 13.0. The third-order valence-electron chi connectivity index (χ3n) is 6.73. The van der Waals surface area contributed by atoms with Gasteiger partial charge in [0.25, 0.3) is 0 Å². The molecule has 0 aromatic heterocycles. The second-order valence-electron chi connectivity index (χ2n) is 8.83. The summed E-state index contributed by atoms with van der Waals surface area (Å²) in [7, 11) is 0. The molecule has 5 nitrogen and oxygen atoms in total. The average Bonchev–Trinajstić information content (AvgIpc) is 3.12. The van der Waals surface area contributed by atoms with Crippen LogP contribution in [0.4, 0.5) is 0 Å². The molecule has 1 aromatic rings. The highest BCUT2D eigenvalue weighted by Crippen LogP contribution is 2.29. The molecule has 0 spiro atoms. The molecule has 0 N–H and O–H groups in total. The monoisotopic (exact) mass is 383 g/mol. The van der Waals surface area contributed by atoms with Crippen LogP contribution in [0.1, 0.15) is 49.7 Å². The molecule has 3 fully saturated rings. The van der Waals surface area contributed by atoms with E-state index in [9.17, 15) is 9.59 Å². The number of likely N-dealkylation sites (tertiary alicyclic amines) is 1. The van der Waals surface area contributed by atoms with Gasteiger partial charge < -0.3 is 9.80 Å². The zero-order valence-electron chi connectivity index (χ0n) is 17.1. The van der Waals surface area contributed by atoms with Gasteiger partial charge in [0.2, 0.25) is 11.8 Å². The average molecular weight is 384 g/mol. The van der Waals surface area contributed by atoms with Crippen molar-refractivity contribution in [3.05, 3.63) is 35.4 Å². The largest absolute Gasteiger partial charge is 0.340 e. The Hall–Kier alpha value is -1.88. The van der Waals surface area contributed by atoms with Gasteiger partial charge in [0.15, 0.2) is 0 Å². The summed E-state index contributed by atoms with van der Waals surface area (Å²) in [6, 6.07) is 9.08. The Kier molecular flexibility index (Phi) is 6.00. The van der Waals surface area contributed by atoms with E-state index < -0.39 is 0 Å². The van der Waals surface area contributed by atoms with Gasteiger partial charge in [-0.15, -0.1) is 0 Å². The topological polar surface area (TPSA) is 43.9 Å². The molecule has 2 heterocycles. The summed E-state index contributed by atoms with van der Waals surface area (Å²) in [6.45, 7) is 7.07. The first-order valence-electron chi connectivity index (χ1n) is 11.0. The fourth-order valence-electron chi connectivity index (χ4n) is 4.98. The Balaban J connectivity index is 1.27. The lowest BCUT2D eigenvalue weighted by molar-refractivity contribution is -0.137. The van der Waals surface area contributed by atoms with Crippen molar-refractivity contribution in [2.45, 2.75) is 58.0 Å². The molecule has 4 rings (SSSR count). The summed E-state index contributed by atoms with van der Waals surface area (Å²) in [5.41, 5.74) is 2.61. The molecule has 152 valence electrons. The van der Waals surface area contributed by atoms with Crippen LogP contribution in [0.15, 0.2) is 24.3 Å². The van der Waals surface area contributed by atoms with Crippen molar-refractivity contribution in [2.75, 3.05) is 32.7 Å². The summed E-state index contributed by atoms with van der Waals surface area (Å²) < 4.78 is 0. The van der Waals surface area contributed by atoms with Gasteiger partial charge >= 0.3 is 0 Å². The third kappa shape index (κ3) is 4.40. The molecule has 2 saturated heterocycles. The molecule has 2 amide bonds. The summed E-state index contributed by atoms with van der Waals surface area (Å²) in [5.74, 6) is 0.267. The molecular weight excluding hydrogens is 350 g/mol. The smallest absolute Gasteiger partial charge is 0.228 e. The van der Waals surface area contributed by atoms with Crippen LogP contribution in [0.25, 0.3) is 0 Å². The molecular formula is C23H33N3O2. The number of benzene rings is 1. The zero-order chi connectivity index (χ0) is 19.5. The number of aryl methyl sites for hydroxylation is 1. The standard InChI is InChI=1S/C23H33N3O2/c1-18-7-9-19(10-8-18)16-24-11-13-25(14-12-24)23(28)20-15-22(27)26(17-20)21-5-3-2-4-6-21/h7-10,20-21H,2-6,11-17H2,1H3. The molecule has 1 unspecified atom stereocenters. The highest BCUT2D eigenvalue weighted by atomic mass is 16.2. The van der Waals surface area contributed by atoms with Gasteiger partial charge in [-0.1, -0.05) is 49.1 Å². The lowest BCUT2D eigenvalue weighted by atomic mass is 9.94. The van der Waals surface area contributed by atoms with Crippen LogP contribution in [0.5, 0.6) is 0 Å². The van der Waals surface area contributed by atoms with Crippen LogP contribution >= 0.6 is 0 Å². The molecule has 1 atom stereocenters. The Labute approximate surface area is 168 Å². The molecule has 0 bridgehead atoms. The minimum atomic E-state index is -0.127. The van der Waals surface area contributed by atoms with E-state index in [0.29, 0.717) is 19.0 Å². The normalized spacial score (nSPS) is 24.8. The highest BCUT2D eigenvalue weighted by Gasteiger charge is 2.40.